The summed E-state index contributed by atoms with van der Waals surface area (Å²) in [6.45, 7) is 22.4. The topological polar surface area (TPSA) is 3.24 Å². The van der Waals surface area contributed by atoms with Crippen molar-refractivity contribution in [3.05, 3.63) is 0 Å². The van der Waals surface area contributed by atoms with Crippen LogP contribution in [0.5, 0.6) is 0 Å². The van der Waals surface area contributed by atoms with E-state index in [9.17, 15) is 0 Å². The Hall–Kier alpha value is 1.88. The van der Waals surface area contributed by atoms with E-state index in [1.807, 2.05) is 0 Å². The van der Waals surface area contributed by atoms with Crippen molar-refractivity contribution in [2.24, 2.45) is 0 Å². The van der Waals surface area contributed by atoms with Crippen molar-refractivity contribution in [2.45, 2.75) is 58.9 Å². The minimum absolute atomic E-state index is 0. The average molecular weight is 396 g/mol. The summed E-state index contributed by atoms with van der Waals surface area (Å²) < 4.78 is 2.98. The van der Waals surface area contributed by atoms with Gasteiger partial charge in [-0.25, -0.2) is 0 Å². The maximum absolute atomic E-state index is 2.98. The molecule has 0 N–H and O–H groups in total. The standard InChI is InChI=1S/C9H27NSi3.Dy/c1-11(2,3)10(12(4,5)6)13(7,8)9;/h1-9H3;. The van der Waals surface area contributed by atoms with Crippen LogP contribution in [0.2, 0.25) is 58.9 Å². The summed E-state index contributed by atoms with van der Waals surface area (Å²) in [6, 6.07) is 0. The van der Waals surface area contributed by atoms with Crippen LogP contribution in [0.3, 0.4) is 0 Å². The summed E-state index contributed by atoms with van der Waals surface area (Å²) in [5, 5.41) is 0. The summed E-state index contributed by atoms with van der Waals surface area (Å²) in [5.41, 5.74) is 0. The Morgan fingerprint density at radius 2 is 0.643 bits per heavy atom. The molecule has 0 spiro atoms. The second kappa shape index (κ2) is 5.48. The predicted molar refractivity (Wildman–Crippen MR) is 71.9 cm³/mol. The van der Waals surface area contributed by atoms with E-state index < -0.39 is 24.7 Å². The summed E-state index contributed by atoms with van der Waals surface area (Å²) in [5.74, 6) is 0. The molecule has 0 heterocycles. The average Bonchev–Trinajstić information content (AvgIpc) is 1.44. The minimum Gasteiger partial charge on any atom is -0.369 e. The van der Waals surface area contributed by atoms with Crippen LogP contribution in [0.15, 0.2) is 0 Å². The summed E-state index contributed by atoms with van der Waals surface area (Å²) in [6.07, 6.45) is 0. The molecule has 0 atom stereocenters. The van der Waals surface area contributed by atoms with Gasteiger partial charge in [0.2, 0.25) is 0 Å². The van der Waals surface area contributed by atoms with Crippen LogP contribution < -0.4 is 0 Å². The van der Waals surface area contributed by atoms with Crippen molar-refractivity contribution in [3.63, 3.8) is 0 Å². The van der Waals surface area contributed by atoms with Gasteiger partial charge in [0.25, 0.3) is 0 Å². The van der Waals surface area contributed by atoms with Crippen molar-refractivity contribution in [1.82, 2.24) is 3.90 Å². The Balaban J connectivity index is 0. The van der Waals surface area contributed by atoms with Crippen molar-refractivity contribution in [1.29, 1.82) is 0 Å². The number of rotatable bonds is 3. The van der Waals surface area contributed by atoms with Gasteiger partial charge >= 0.3 is 0 Å². The van der Waals surface area contributed by atoms with Crippen LogP contribution in [0, 0.1) is 38.2 Å². The second-order valence-corrected chi connectivity index (χ2v) is 22.6. The Morgan fingerprint density at radius 3 is 0.643 bits per heavy atom. The molecular formula is C9H27DyNSi3. The van der Waals surface area contributed by atoms with Crippen molar-refractivity contribution < 1.29 is 38.2 Å². The SMILES string of the molecule is C[Si](C)(C)N([Si](C)(C)C)[Si](C)(C)C.[Dy]. The van der Waals surface area contributed by atoms with Gasteiger partial charge in [-0.2, -0.15) is 0 Å². The quantitative estimate of drug-likeness (QED) is 0.657. The van der Waals surface area contributed by atoms with Gasteiger partial charge < -0.3 is 3.90 Å². The summed E-state index contributed by atoms with van der Waals surface area (Å²) in [4.78, 5) is 0. The Kier molecular flexibility index (Phi) is 7.14. The fourth-order valence-electron chi connectivity index (χ4n) is 3.02. The van der Waals surface area contributed by atoms with Crippen LogP contribution in [-0.4, -0.2) is 28.6 Å². The van der Waals surface area contributed by atoms with Gasteiger partial charge in [0.1, 0.15) is 24.7 Å². The first-order valence-corrected chi connectivity index (χ1v) is 15.5. The van der Waals surface area contributed by atoms with E-state index in [1.165, 1.54) is 0 Å². The van der Waals surface area contributed by atoms with Crippen molar-refractivity contribution in [2.75, 3.05) is 0 Å². The third-order valence-corrected chi connectivity index (χ3v) is 18.1. The first-order valence-electron chi connectivity index (χ1n) is 5.17. The smallest absolute Gasteiger partial charge is 0.105 e. The Bertz CT molecular complexity index is 143. The molecule has 0 aliphatic rings. The molecule has 0 bridgehead atoms. The molecule has 0 rings (SSSR count). The number of hydrogen-bond acceptors (Lipinski definition) is 1. The Morgan fingerprint density at radius 1 is 0.500 bits per heavy atom. The molecule has 1 nitrogen and oxygen atoms in total. The Labute approximate surface area is 124 Å². The molecule has 14 heavy (non-hydrogen) atoms. The zero-order valence-electron chi connectivity index (χ0n) is 11.3. The molecule has 0 aromatic carbocycles. The zero-order chi connectivity index (χ0) is 11.1. The van der Waals surface area contributed by atoms with Crippen LogP contribution in [0.4, 0.5) is 0 Å². The molecule has 0 amide bonds. The first-order chi connectivity index (χ1) is 5.37. The first kappa shape index (κ1) is 18.3. The van der Waals surface area contributed by atoms with E-state index in [0.29, 0.717) is 0 Å². The molecule has 0 saturated carbocycles. The number of nitrogens with zero attached hydrogens (tertiary/aromatic N) is 1. The molecule has 90 valence electrons. The molecule has 0 unspecified atom stereocenters. The molecule has 0 radical (unpaired) electrons. The molecule has 0 aliphatic carbocycles. The van der Waals surface area contributed by atoms with E-state index in [0.717, 1.165) is 0 Å². The van der Waals surface area contributed by atoms with Crippen LogP contribution in [0.1, 0.15) is 0 Å². The van der Waals surface area contributed by atoms with Crippen molar-refractivity contribution in [3.8, 4) is 0 Å². The van der Waals surface area contributed by atoms with Crippen molar-refractivity contribution >= 4 is 24.7 Å². The minimum atomic E-state index is -1.10. The summed E-state index contributed by atoms with van der Waals surface area (Å²) in [7, 11) is -3.30. The van der Waals surface area contributed by atoms with Gasteiger partial charge in [-0.15, -0.1) is 0 Å². The monoisotopic (exact) mass is 397 g/mol. The predicted octanol–water partition coefficient (Wildman–Crippen LogP) is 3.79. The molecule has 0 saturated heterocycles. The maximum atomic E-state index is 2.98. The zero-order valence-corrected chi connectivity index (χ0v) is 16.3. The molecule has 0 aromatic rings. The second-order valence-electron chi connectivity index (χ2n) is 6.85. The van der Waals surface area contributed by atoms with Gasteiger partial charge in [0, 0.05) is 38.2 Å². The summed E-state index contributed by atoms with van der Waals surface area (Å²) >= 11 is 0. The largest absolute Gasteiger partial charge is 0.369 e. The fraction of sp³-hybridized carbons (Fsp3) is 1.00. The normalized spacial score (nSPS) is 14.1. The van der Waals surface area contributed by atoms with E-state index in [-0.39, 0.29) is 38.2 Å². The third-order valence-electron chi connectivity index (χ3n) is 2.01. The molecular weight excluding hydrogens is 369 g/mol. The van der Waals surface area contributed by atoms with Gasteiger partial charge in [0.05, 0.1) is 0 Å². The van der Waals surface area contributed by atoms with E-state index in [2.05, 4.69) is 62.8 Å². The molecule has 0 aromatic heterocycles. The molecule has 0 aliphatic heterocycles. The van der Waals surface area contributed by atoms with Crippen LogP contribution in [-0.2, 0) is 0 Å². The maximum Gasteiger partial charge on any atom is 0.105 e. The van der Waals surface area contributed by atoms with E-state index >= 15 is 0 Å². The van der Waals surface area contributed by atoms with Crippen LogP contribution >= 0.6 is 0 Å². The number of hydrogen-bond donors (Lipinski definition) is 0. The van der Waals surface area contributed by atoms with E-state index in [1.54, 1.807) is 0 Å². The van der Waals surface area contributed by atoms with Gasteiger partial charge in [-0.05, 0) is 0 Å². The van der Waals surface area contributed by atoms with Gasteiger partial charge in [-0.3, -0.25) is 0 Å². The fourth-order valence-corrected chi connectivity index (χ4v) is 27.2. The molecule has 5 heteroatoms. The van der Waals surface area contributed by atoms with E-state index in [4.69, 9.17) is 0 Å². The van der Waals surface area contributed by atoms with Gasteiger partial charge in [0.15, 0.2) is 0 Å². The molecule has 0 fully saturated rings. The van der Waals surface area contributed by atoms with Crippen LogP contribution in [0.25, 0.3) is 0 Å². The third kappa shape index (κ3) is 5.83. The van der Waals surface area contributed by atoms with Gasteiger partial charge in [-0.1, -0.05) is 58.9 Å².